The van der Waals surface area contributed by atoms with Crippen molar-refractivity contribution in [2.24, 2.45) is 0 Å². The molecule has 5 nitrogen and oxygen atoms in total. The second kappa shape index (κ2) is 6.92. The number of hydrogen-bond acceptors (Lipinski definition) is 4. The average Bonchev–Trinajstić information content (AvgIpc) is 2.58. The molecule has 0 radical (unpaired) electrons. The van der Waals surface area contributed by atoms with Gasteiger partial charge in [0.25, 0.3) is 5.91 Å². The molecule has 108 valence electrons. The molecule has 2 N–H and O–H groups in total. The number of carbonyl (C=O) groups is 1. The van der Waals surface area contributed by atoms with Gasteiger partial charge in [-0.1, -0.05) is 18.2 Å². The minimum atomic E-state index is -0.156. The van der Waals surface area contributed by atoms with Crippen LogP contribution in [-0.4, -0.2) is 13.0 Å². The van der Waals surface area contributed by atoms with Crippen molar-refractivity contribution in [1.82, 2.24) is 5.32 Å². The van der Waals surface area contributed by atoms with Gasteiger partial charge in [-0.25, -0.2) is 0 Å². The summed E-state index contributed by atoms with van der Waals surface area (Å²) in [6.07, 6.45) is 0. The van der Waals surface area contributed by atoms with E-state index in [0.29, 0.717) is 28.9 Å². The van der Waals surface area contributed by atoms with Gasteiger partial charge in [-0.15, -0.1) is 0 Å². The first-order valence-electron chi connectivity index (χ1n) is 6.67. The summed E-state index contributed by atoms with van der Waals surface area (Å²) in [4.78, 5) is 11.6. The van der Waals surface area contributed by atoms with Crippen LogP contribution in [0.15, 0.2) is 42.5 Å². The zero-order valence-electron chi connectivity index (χ0n) is 12.1. The van der Waals surface area contributed by atoms with Gasteiger partial charge >= 0.3 is 0 Å². The van der Waals surface area contributed by atoms with Crippen molar-refractivity contribution in [2.75, 3.05) is 12.4 Å². The number of rotatable bonds is 4. The van der Waals surface area contributed by atoms with Gasteiger partial charge in [-0.2, -0.15) is 10.5 Å². The first kappa shape index (κ1) is 15.1. The molecular formula is C17H14N4O. The van der Waals surface area contributed by atoms with Crippen molar-refractivity contribution in [1.29, 1.82) is 10.5 Å². The molecule has 0 aromatic heterocycles. The summed E-state index contributed by atoms with van der Waals surface area (Å²) < 4.78 is 0. The van der Waals surface area contributed by atoms with E-state index < -0.39 is 0 Å². The predicted molar refractivity (Wildman–Crippen MR) is 83.0 cm³/mol. The molecule has 2 rings (SSSR count). The maximum absolute atomic E-state index is 11.6. The number of amides is 1. The average molecular weight is 290 g/mol. The van der Waals surface area contributed by atoms with Crippen LogP contribution in [0.3, 0.4) is 0 Å². The van der Waals surface area contributed by atoms with E-state index in [1.165, 1.54) is 0 Å². The molecule has 0 spiro atoms. The molecule has 0 aliphatic heterocycles. The summed E-state index contributed by atoms with van der Waals surface area (Å²) in [6, 6.07) is 16.3. The van der Waals surface area contributed by atoms with Crippen LogP contribution in [0.2, 0.25) is 0 Å². The molecule has 2 aromatic rings. The Morgan fingerprint density at radius 3 is 2.32 bits per heavy atom. The Bertz CT molecular complexity index is 752. The molecule has 0 aliphatic carbocycles. The molecule has 0 heterocycles. The smallest absolute Gasteiger partial charge is 0.251 e. The highest BCUT2D eigenvalue weighted by Crippen LogP contribution is 2.21. The van der Waals surface area contributed by atoms with Gasteiger partial charge in [0, 0.05) is 19.2 Å². The van der Waals surface area contributed by atoms with Crippen molar-refractivity contribution >= 4 is 11.6 Å². The van der Waals surface area contributed by atoms with Gasteiger partial charge in [-0.3, -0.25) is 4.79 Å². The van der Waals surface area contributed by atoms with Crippen LogP contribution in [-0.2, 0) is 6.54 Å². The Morgan fingerprint density at radius 2 is 1.73 bits per heavy atom. The quantitative estimate of drug-likeness (QED) is 0.905. The van der Waals surface area contributed by atoms with Crippen molar-refractivity contribution < 1.29 is 4.79 Å². The Labute approximate surface area is 128 Å². The molecular weight excluding hydrogens is 276 g/mol. The lowest BCUT2D eigenvalue weighted by atomic mass is 10.1. The van der Waals surface area contributed by atoms with Gasteiger partial charge in [0.1, 0.15) is 12.1 Å². The number of hydrogen-bond donors (Lipinski definition) is 2. The second-order valence-corrected chi connectivity index (χ2v) is 4.58. The lowest BCUT2D eigenvalue weighted by Crippen LogP contribution is -2.18. The highest BCUT2D eigenvalue weighted by Gasteiger charge is 2.08. The number of nitrogens with one attached hydrogen (secondary N) is 2. The van der Waals surface area contributed by atoms with E-state index in [0.717, 1.165) is 5.56 Å². The molecule has 22 heavy (non-hydrogen) atoms. The van der Waals surface area contributed by atoms with Crippen LogP contribution in [0.4, 0.5) is 5.69 Å². The predicted octanol–water partition coefficient (Wildman–Crippen LogP) is 2.40. The van der Waals surface area contributed by atoms with Gasteiger partial charge in [0.15, 0.2) is 0 Å². The Morgan fingerprint density at radius 1 is 1.09 bits per heavy atom. The zero-order chi connectivity index (χ0) is 15.9. The Hall–Kier alpha value is -3.31. The SMILES string of the molecule is CNC(=O)c1cccc(CNc2c(C#N)cccc2C#N)c1. The largest absolute Gasteiger partial charge is 0.379 e. The first-order valence-corrected chi connectivity index (χ1v) is 6.67. The summed E-state index contributed by atoms with van der Waals surface area (Å²) in [7, 11) is 1.58. The van der Waals surface area contributed by atoms with E-state index >= 15 is 0 Å². The number of benzene rings is 2. The van der Waals surface area contributed by atoms with Crippen molar-refractivity contribution in [2.45, 2.75) is 6.54 Å². The molecule has 0 saturated heterocycles. The minimum Gasteiger partial charge on any atom is -0.379 e. The maximum atomic E-state index is 11.6. The van der Waals surface area contributed by atoms with Gasteiger partial charge < -0.3 is 10.6 Å². The van der Waals surface area contributed by atoms with Crippen molar-refractivity contribution in [3.8, 4) is 12.1 Å². The first-order chi connectivity index (χ1) is 10.7. The van der Waals surface area contributed by atoms with E-state index in [1.807, 2.05) is 6.07 Å². The minimum absolute atomic E-state index is 0.156. The normalized spacial score (nSPS) is 9.41. The van der Waals surface area contributed by atoms with E-state index in [1.54, 1.807) is 43.4 Å². The molecule has 0 fully saturated rings. The van der Waals surface area contributed by atoms with Gasteiger partial charge in [0.2, 0.25) is 0 Å². The number of anilines is 1. The summed E-state index contributed by atoms with van der Waals surface area (Å²) in [5.41, 5.74) is 2.80. The van der Waals surface area contributed by atoms with Crippen LogP contribution in [0.1, 0.15) is 27.0 Å². The summed E-state index contributed by atoms with van der Waals surface area (Å²) in [6.45, 7) is 0.415. The number of carbonyl (C=O) groups excluding carboxylic acids is 1. The van der Waals surface area contributed by atoms with Crippen molar-refractivity contribution in [3.63, 3.8) is 0 Å². The molecule has 1 amide bonds. The lowest BCUT2D eigenvalue weighted by Gasteiger charge is -2.10. The van der Waals surface area contributed by atoms with Gasteiger partial charge in [-0.05, 0) is 29.8 Å². The molecule has 0 atom stereocenters. The molecule has 2 aromatic carbocycles. The van der Waals surface area contributed by atoms with E-state index in [2.05, 4.69) is 22.8 Å². The second-order valence-electron chi connectivity index (χ2n) is 4.58. The Balaban J connectivity index is 2.23. The number of para-hydroxylation sites is 1. The van der Waals surface area contributed by atoms with Crippen molar-refractivity contribution in [3.05, 3.63) is 64.7 Å². The van der Waals surface area contributed by atoms with Gasteiger partial charge in [0.05, 0.1) is 16.8 Å². The van der Waals surface area contributed by atoms with Crippen LogP contribution in [0, 0.1) is 22.7 Å². The zero-order valence-corrected chi connectivity index (χ0v) is 12.1. The summed E-state index contributed by atoms with van der Waals surface area (Å²) in [5.74, 6) is -0.156. The van der Waals surface area contributed by atoms with Crippen LogP contribution in [0.25, 0.3) is 0 Å². The molecule has 5 heteroatoms. The fraction of sp³-hybridized carbons (Fsp3) is 0.118. The highest BCUT2D eigenvalue weighted by molar-refractivity contribution is 5.94. The maximum Gasteiger partial charge on any atom is 0.251 e. The van der Waals surface area contributed by atoms with E-state index in [4.69, 9.17) is 10.5 Å². The summed E-state index contributed by atoms with van der Waals surface area (Å²) >= 11 is 0. The monoisotopic (exact) mass is 290 g/mol. The molecule has 0 saturated carbocycles. The van der Waals surface area contributed by atoms with Crippen LogP contribution < -0.4 is 10.6 Å². The molecule has 0 bridgehead atoms. The molecule has 0 unspecified atom stereocenters. The van der Waals surface area contributed by atoms with E-state index in [-0.39, 0.29) is 5.91 Å². The number of nitriles is 2. The highest BCUT2D eigenvalue weighted by atomic mass is 16.1. The Kier molecular flexibility index (Phi) is 4.74. The van der Waals surface area contributed by atoms with E-state index in [9.17, 15) is 4.79 Å². The molecule has 0 aliphatic rings. The fourth-order valence-electron chi connectivity index (χ4n) is 2.09. The topological polar surface area (TPSA) is 88.7 Å². The third-order valence-corrected chi connectivity index (χ3v) is 3.19. The summed E-state index contributed by atoms with van der Waals surface area (Å²) in [5, 5.41) is 23.9. The van der Waals surface area contributed by atoms with Crippen LogP contribution in [0.5, 0.6) is 0 Å². The fourth-order valence-corrected chi connectivity index (χ4v) is 2.09. The lowest BCUT2D eigenvalue weighted by molar-refractivity contribution is 0.0963. The number of nitrogens with zero attached hydrogens (tertiary/aromatic N) is 2. The standard InChI is InChI=1S/C17H14N4O/c1-20-17(22)13-5-2-4-12(8-13)11-21-16-14(9-18)6-3-7-15(16)10-19/h2-8,21H,11H2,1H3,(H,20,22). The third kappa shape index (κ3) is 3.23. The third-order valence-electron chi connectivity index (χ3n) is 3.19. The van der Waals surface area contributed by atoms with Crippen LogP contribution >= 0.6 is 0 Å².